The summed E-state index contributed by atoms with van der Waals surface area (Å²) in [5.41, 5.74) is 9.18. The summed E-state index contributed by atoms with van der Waals surface area (Å²) >= 11 is 0. The molecule has 2 heterocycles. The molecule has 1 aromatic heterocycles. The lowest BCUT2D eigenvalue weighted by Crippen LogP contribution is -2.37. The van der Waals surface area contributed by atoms with Crippen LogP contribution in [-0.2, 0) is 7.05 Å². The zero-order chi connectivity index (χ0) is 10.4. The van der Waals surface area contributed by atoms with Crippen molar-refractivity contribution in [3.8, 4) is 0 Å². The third-order valence-corrected chi connectivity index (χ3v) is 3.09. The predicted octanol–water partition coefficient (Wildman–Crippen LogP) is 1.37. The van der Waals surface area contributed by atoms with Gasteiger partial charge in [-0.3, -0.25) is 4.68 Å². The fraction of sp³-hybridized carbons (Fsp3) is 0.364. The highest BCUT2D eigenvalue weighted by Crippen LogP contribution is 2.31. The van der Waals surface area contributed by atoms with Crippen LogP contribution in [0.4, 0.5) is 11.4 Å². The lowest BCUT2D eigenvalue weighted by Gasteiger charge is -2.34. The summed E-state index contributed by atoms with van der Waals surface area (Å²) in [6.45, 7) is 2.24. The fourth-order valence-electron chi connectivity index (χ4n) is 2.04. The van der Waals surface area contributed by atoms with Crippen molar-refractivity contribution in [2.45, 2.75) is 6.42 Å². The number of hydrogen-bond acceptors (Lipinski definition) is 3. The van der Waals surface area contributed by atoms with Crippen molar-refractivity contribution in [1.29, 1.82) is 0 Å². The lowest BCUT2D eigenvalue weighted by molar-refractivity contribution is 0.618. The Morgan fingerprint density at radius 1 is 1.33 bits per heavy atom. The van der Waals surface area contributed by atoms with Crippen molar-refractivity contribution in [2.24, 2.45) is 7.05 Å². The number of aromatic nitrogens is 2. The zero-order valence-corrected chi connectivity index (χ0v) is 8.77. The van der Waals surface area contributed by atoms with E-state index in [9.17, 15) is 0 Å². The van der Waals surface area contributed by atoms with Crippen molar-refractivity contribution in [2.75, 3.05) is 23.7 Å². The van der Waals surface area contributed by atoms with E-state index in [-0.39, 0.29) is 0 Å². The van der Waals surface area contributed by atoms with E-state index >= 15 is 0 Å². The third-order valence-electron chi connectivity index (χ3n) is 3.09. The summed E-state index contributed by atoms with van der Waals surface area (Å²) in [5, 5.41) is 5.33. The molecule has 15 heavy (non-hydrogen) atoms. The van der Waals surface area contributed by atoms with Gasteiger partial charge in [0.1, 0.15) is 0 Å². The van der Waals surface area contributed by atoms with E-state index in [0.717, 1.165) is 35.4 Å². The van der Waals surface area contributed by atoms with Gasteiger partial charge >= 0.3 is 0 Å². The maximum Gasteiger partial charge on any atom is 0.0701 e. The van der Waals surface area contributed by atoms with E-state index < -0.39 is 0 Å². The van der Waals surface area contributed by atoms with Crippen molar-refractivity contribution >= 4 is 22.3 Å². The van der Waals surface area contributed by atoms with Crippen LogP contribution in [0.25, 0.3) is 10.9 Å². The highest BCUT2D eigenvalue weighted by atomic mass is 15.3. The number of benzene rings is 1. The average molecular weight is 202 g/mol. The Balaban J connectivity index is 2.20. The fourth-order valence-corrected chi connectivity index (χ4v) is 2.04. The van der Waals surface area contributed by atoms with Crippen molar-refractivity contribution in [3.05, 3.63) is 18.3 Å². The van der Waals surface area contributed by atoms with Gasteiger partial charge in [0.15, 0.2) is 0 Å². The van der Waals surface area contributed by atoms with E-state index in [1.807, 2.05) is 24.0 Å². The van der Waals surface area contributed by atoms with Gasteiger partial charge in [0.25, 0.3) is 0 Å². The molecular formula is C11H14N4. The summed E-state index contributed by atoms with van der Waals surface area (Å²) < 4.78 is 1.89. The SMILES string of the molecule is Cn1ncc2cc(N)c(N3CCC3)cc21. The molecule has 3 rings (SSSR count). The molecular weight excluding hydrogens is 188 g/mol. The highest BCUT2D eigenvalue weighted by molar-refractivity contribution is 5.89. The minimum atomic E-state index is 0.857. The quantitative estimate of drug-likeness (QED) is 0.710. The Morgan fingerprint density at radius 3 is 2.80 bits per heavy atom. The second-order valence-corrected chi connectivity index (χ2v) is 4.08. The van der Waals surface area contributed by atoms with Crippen LogP contribution in [0, 0.1) is 0 Å². The van der Waals surface area contributed by atoms with Crippen LogP contribution in [0.3, 0.4) is 0 Å². The Labute approximate surface area is 88.3 Å². The molecule has 1 saturated heterocycles. The van der Waals surface area contributed by atoms with E-state index in [4.69, 9.17) is 5.73 Å². The van der Waals surface area contributed by atoms with Crippen LogP contribution in [0.1, 0.15) is 6.42 Å². The molecule has 0 aliphatic carbocycles. The van der Waals surface area contributed by atoms with Gasteiger partial charge in [-0.05, 0) is 18.6 Å². The van der Waals surface area contributed by atoms with Gasteiger partial charge in [-0.2, -0.15) is 5.10 Å². The number of nitrogens with two attached hydrogens (primary N) is 1. The molecule has 0 atom stereocenters. The molecule has 4 heteroatoms. The molecule has 1 aromatic carbocycles. The first-order valence-corrected chi connectivity index (χ1v) is 5.22. The van der Waals surface area contributed by atoms with Crippen LogP contribution in [0.15, 0.2) is 18.3 Å². The minimum Gasteiger partial charge on any atom is -0.397 e. The Bertz CT molecular complexity index is 511. The van der Waals surface area contributed by atoms with Gasteiger partial charge in [0.2, 0.25) is 0 Å². The second kappa shape index (κ2) is 2.89. The van der Waals surface area contributed by atoms with E-state index in [1.165, 1.54) is 6.42 Å². The molecule has 1 aliphatic heterocycles. The standard InChI is InChI=1S/C11H14N4/c1-14-10-6-11(15-3-2-4-15)9(12)5-8(10)7-13-14/h5-7H,2-4,12H2,1H3. The number of anilines is 2. The highest BCUT2D eigenvalue weighted by Gasteiger charge is 2.17. The Hall–Kier alpha value is -1.71. The van der Waals surface area contributed by atoms with Crippen LogP contribution in [0.2, 0.25) is 0 Å². The van der Waals surface area contributed by atoms with Gasteiger partial charge in [-0.25, -0.2) is 0 Å². The molecule has 0 spiro atoms. The minimum absolute atomic E-state index is 0.857. The van der Waals surface area contributed by atoms with Gasteiger partial charge in [0, 0.05) is 25.5 Å². The monoisotopic (exact) mass is 202 g/mol. The molecule has 0 unspecified atom stereocenters. The lowest BCUT2D eigenvalue weighted by atomic mass is 10.1. The topological polar surface area (TPSA) is 47.1 Å². The van der Waals surface area contributed by atoms with Gasteiger partial charge in [-0.1, -0.05) is 0 Å². The molecule has 0 saturated carbocycles. The van der Waals surface area contributed by atoms with Crippen molar-refractivity contribution in [1.82, 2.24) is 9.78 Å². The second-order valence-electron chi connectivity index (χ2n) is 4.08. The molecule has 2 N–H and O–H groups in total. The Morgan fingerprint density at radius 2 is 2.13 bits per heavy atom. The van der Waals surface area contributed by atoms with Crippen LogP contribution in [-0.4, -0.2) is 22.9 Å². The molecule has 2 aromatic rings. The smallest absolute Gasteiger partial charge is 0.0701 e. The first kappa shape index (κ1) is 8.59. The number of hydrogen-bond donors (Lipinski definition) is 1. The van der Waals surface area contributed by atoms with Crippen LogP contribution < -0.4 is 10.6 Å². The normalized spacial score (nSPS) is 15.7. The molecule has 0 bridgehead atoms. The first-order valence-electron chi connectivity index (χ1n) is 5.22. The molecule has 4 nitrogen and oxygen atoms in total. The number of rotatable bonds is 1. The summed E-state index contributed by atoms with van der Waals surface area (Å²) in [6.07, 6.45) is 3.12. The molecule has 1 fully saturated rings. The Kier molecular flexibility index (Phi) is 1.65. The van der Waals surface area contributed by atoms with Crippen molar-refractivity contribution < 1.29 is 0 Å². The van der Waals surface area contributed by atoms with Crippen molar-refractivity contribution in [3.63, 3.8) is 0 Å². The van der Waals surface area contributed by atoms with Crippen LogP contribution >= 0.6 is 0 Å². The number of nitrogens with zero attached hydrogens (tertiary/aromatic N) is 3. The molecule has 1 aliphatic rings. The summed E-state index contributed by atoms with van der Waals surface area (Å²) in [5.74, 6) is 0. The maximum absolute atomic E-state index is 6.03. The van der Waals surface area contributed by atoms with E-state index in [0.29, 0.717) is 0 Å². The largest absolute Gasteiger partial charge is 0.397 e. The van der Waals surface area contributed by atoms with Gasteiger partial charge in [-0.15, -0.1) is 0 Å². The summed E-state index contributed by atoms with van der Waals surface area (Å²) in [7, 11) is 1.96. The predicted molar refractivity (Wildman–Crippen MR) is 62.0 cm³/mol. The first-order chi connectivity index (χ1) is 7.25. The average Bonchev–Trinajstić information content (AvgIpc) is 2.46. The van der Waals surface area contributed by atoms with Gasteiger partial charge < -0.3 is 10.6 Å². The molecule has 78 valence electrons. The number of nitrogen functional groups attached to an aromatic ring is 1. The van der Waals surface area contributed by atoms with Crippen LogP contribution in [0.5, 0.6) is 0 Å². The zero-order valence-electron chi connectivity index (χ0n) is 8.77. The summed E-state index contributed by atoms with van der Waals surface area (Å²) in [6, 6.07) is 4.15. The van der Waals surface area contributed by atoms with E-state index in [1.54, 1.807) is 0 Å². The van der Waals surface area contributed by atoms with E-state index in [2.05, 4.69) is 16.1 Å². The number of fused-ring (bicyclic) bond motifs is 1. The maximum atomic E-state index is 6.03. The third kappa shape index (κ3) is 1.17. The summed E-state index contributed by atoms with van der Waals surface area (Å²) in [4.78, 5) is 2.31. The van der Waals surface area contributed by atoms with Gasteiger partial charge in [0.05, 0.1) is 23.1 Å². The number of aryl methyl sites for hydroxylation is 1. The molecule has 0 radical (unpaired) electrons. The molecule has 0 amide bonds.